The molecule has 0 aromatic heterocycles. The zero-order valence-electron chi connectivity index (χ0n) is 21.1. The molecule has 3 atom stereocenters. The largest absolute Gasteiger partial charge is 0.353 e. The van der Waals surface area contributed by atoms with Crippen LogP contribution in [0.4, 0.5) is 0 Å². The van der Waals surface area contributed by atoms with Gasteiger partial charge >= 0.3 is 0 Å². The summed E-state index contributed by atoms with van der Waals surface area (Å²) in [5.74, 6) is 1.72. The summed E-state index contributed by atoms with van der Waals surface area (Å²) in [7, 11) is 0. The first-order valence-electron chi connectivity index (χ1n) is 13.8. The van der Waals surface area contributed by atoms with Crippen molar-refractivity contribution in [1.29, 1.82) is 0 Å². The number of fused-ring (bicyclic) bond motifs is 2. The van der Waals surface area contributed by atoms with Crippen molar-refractivity contribution in [3.05, 3.63) is 71.8 Å². The maximum absolute atomic E-state index is 12.6. The van der Waals surface area contributed by atoms with Gasteiger partial charge in [-0.05, 0) is 61.6 Å². The van der Waals surface area contributed by atoms with Crippen LogP contribution in [0, 0.1) is 11.8 Å². The molecule has 0 spiro atoms. The Morgan fingerprint density at radius 1 is 0.886 bits per heavy atom. The van der Waals surface area contributed by atoms with Crippen molar-refractivity contribution in [3.8, 4) is 0 Å². The fourth-order valence-electron chi connectivity index (χ4n) is 6.44. The molecule has 2 bridgehead atoms. The van der Waals surface area contributed by atoms with E-state index in [4.69, 9.17) is 0 Å². The van der Waals surface area contributed by atoms with Gasteiger partial charge in [0.1, 0.15) is 0 Å². The Balaban J connectivity index is 0.994. The summed E-state index contributed by atoms with van der Waals surface area (Å²) in [6.07, 6.45) is 6.21. The zero-order valence-corrected chi connectivity index (χ0v) is 21.1. The highest BCUT2D eigenvalue weighted by molar-refractivity contribution is 5.76. The lowest BCUT2D eigenvalue weighted by Crippen LogP contribution is -2.55. The number of carbonyl (C=O) groups is 1. The molecular formula is C30H42N4O. The van der Waals surface area contributed by atoms with E-state index in [0.717, 1.165) is 64.3 Å². The van der Waals surface area contributed by atoms with Gasteiger partial charge in [0.2, 0.25) is 5.91 Å². The minimum atomic E-state index is 0.245. The lowest BCUT2D eigenvalue weighted by molar-refractivity contribution is -0.122. The molecule has 1 amide bonds. The third-order valence-corrected chi connectivity index (χ3v) is 8.25. The van der Waals surface area contributed by atoms with Crippen molar-refractivity contribution >= 4 is 5.91 Å². The van der Waals surface area contributed by atoms with Crippen LogP contribution in [0.5, 0.6) is 0 Å². The Kier molecular flexibility index (Phi) is 8.50. The van der Waals surface area contributed by atoms with E-state index < -0.39 is 0 Å². The van der Waals surface area contributed by atoms with Crippen LogP contribution in [0.25, 0.3) is 0 Å². The van der Waals surface area contributed by atoms with E-state index in [0.29, 0.717) is 24.4 Å². The maximum Gasteiger partial charge on any atom is 0.220 e. The van der Waals surface area contributed by atoms with Crippen molar-refractivity contribution in [2.45, 2.75) is 63.7 Å². The molecule has 5 heteroatoms. The van der Waals surface area contributed by atoms with Crippen LogP contribution in [0.3, 0.4) is 0 Å². The first-order valence-corrected chi connectivity index (χ1v) is 13.8. The minimum absolute atomic E-state index is 0.245. The predicted octanol–water partition coefficient (Wildman–Crippen LogP) is 4.05. The van der Waals surface area contributed by atoms with Crippen molar-refractivity contribution < 1.29 is 4.79 Å². The van der Waals surface area contributed by atoms with Crippen molar-refractivity contribution in [2.75, 3.05) is 32.7 Å². The normalized spacial score (nSPS) is 25.9. The summed E-state index contributed by atoms with van der Waals surface area (Å²) in [6.45, 7) is 7.71. The first-order chi connectivity index (χ1) is 17.2. The van der Waals surface area contributed by atoms with E-state index in [9.17, 15) is 4.79 Å². The average Bonchev–Trinajstić information content (AvgIpc) is 2.88. The third kappa shape index (κ3) is 7.16. The molecule has 3 saturated heterocycles. The molecule has 3 fully saturated rings. The van der Waals surface area contributed by atoms with E-state index in [1.807, 2.05) is 0 Å². The van der Waals surface area contributed by atoms with Crippen LogP contribution in [-0.4, -0.2) is 60.5 Å². The fraction of sp³-hybridized carbons (Fsp3) is 0.567. The fourth-order valence-corrected chi connectivity index (χ4v) is 6.44. The monoisotopic (exact) mass is 474 g/mol. The number of nitrogens with zero attached hydrogens (tertiary/aromatic N) is 2. The second kappa shape index (κ2) is 12.2. The molecule has 0 saturated carbocycles. The minimum Gasteiger partial charge on any atom is -0.353 e. The molecule has 0 aliphatic carbocycles. The molecule has 2 aromatic carbocycles. The second-order valence-corrected chi connectivity index (χ2v) is 11.1. The average molecular weight is 475 g/mol. The number of amides is 1. The van der Waals surface area contributed by atoms with Crippen molar-refractivity contribution in [1.82, 2.24) is 20.4 Å². The van der Waals surface area contributed by atoms with E-state index in [-0.39, 0.29) is 5.91 Å². The van der Waals surface area contributed by atoms with Gasteiger partial charge in [-0.1, -0.05) is 60.7 Å². The van der Waals surface area contributed by atoms with Gasteiger partial charge in [-0.3, -0.25) is 14.6 Å². The van der Waals surface area contributed by atoms with Gasteiger partial charge in [0.15, 0.2) is 0 Å². The number of rotatable bonds is 9. The Hall–Kier alpha value is -2.21. The SMILES string of the molecule is O=C(CCC[C@H]1NC[C@@H]2C[C@H]1CN(Cc1ccccc1)C2)NC1CCN(Cc2ccccc2)CC1. The van der Waals surface area contributed by atoms with Crippen LogP contribution in [0.15, 0.2) is 60.7 Å². The first kappa shape index (κ1) is 24.5. The molecular weight excluding hydrogens is 432 g/mol. The van der Waals surface area contributed by atoms with Gasteiger partial charge in [0, 0.05) is 57.8 Å². The van der Waals surface area contributed by atoms with Gasteiger partial charge in [0.05, 0.1) is 0 Å². The second-order valence-electron chi connectivity index (χ2n) is 11.1. The van der Waals surface area contributed by atoms with E-state index >= 15 is 0 Å². The summed E-state index contributed by atoms with van der Waals surface area (Å²) in [4.78, 5) is 17.8. The van der Waals surface area contributed by atoms with Gasteiger partial charge in [0.25, 0.3) is 0 Å². The summed E-state index contributed by atoms with van der Waals surface area (Å²) in [5, 5.41) is 7.15. The molecule has 3 heterocycles. The number of hydrogen-bond acceptors (Lipinski definition) is 4. The van der Waals surface area contributed by atoms with Crippen LogP contribution in [-0.2, 0) is 17.9 Å². The molecule has 0 unspecified atom stereocenters. The molecule has 2 N–H and O–H groups in total. The van der Waals surface area contributed by atoms with Crippen LogP contribution in [0.1, 0.15) is 49.7 Å². The van der Waals surface area contributed by atoms with E-state index in [2.05, 4.69) is 81.1 Å². The number of piperidine rings is 3. The lowest BCUT2D eigenvalue weighted by Gasteiger charge is -2.46. The molecule has 5 rings (SSSR count). The van der Waals surface area contributed by atoms with Crippen LogP contribution in [0.2, 0.25) is 0 Å². The highest BCUT2D eigenvalue weighted by Gasteiger charge is 2.36. The molecule has 2 aromatic rings. The highest BCUT2D eigenvalue weighted by atomic mass is 16.1. The standard InChI is InChI=1S/C30H42N4O/c35-30(32-28-14-16-33(17-15-28)20-24-8-3-1-4-9-24)13-7-12-29-27-18-26(19-31-29)22-34(23-27)21-25-10-5-2-6-11-25/h1-6,8-11,26-29,31H,7,12-23H2,(H,32,35)/t26-,27-,29+/m0/s1. The number of carbonyl (C=O) groups excluding carboxylic acids is 1. The van der Waals surface area contributed by atoms with Gasteiger partial charge < -0.3 is 10.6 Å². The van der Waals surface area contributed by atoms with Gasteiger partial charge in [-0.2, -0.15) is 0 Å². The molecule has 3 aliphatic rings. The zero-order chi connectivity index (χ0) is 23.9. The van der Waals surface area contributed by atoms with Gasteiger partial charge in [-0.15, -0.1) is 0 Å². The number of nitrogens with one attached hydrogen (secondary N) is 2. The molecule has 35 heavy (non-hydrogen) atoms. The summed E-state index contributed by atoms with van der Waals surface area (Å²) in [6, 6.07) is 22.4. The lowest BCUT2D eigenvalue weighted by atomic mass is 9.79. The Labute approximate surface area is 211 Å². The summed E-state index contributed by atoms with van der Waals surface area (Å²) in [5.41, 5.74) is 2.79. The third-order valence-electron chi connectivity index (χ3n) is 8.25. The van der Waals surface area contributed by atoms with E-state index in [1.165, 1.54) is 30.6 Å². The van der Waals surface area contributed by atoms with Crippen LogP contribution >= 0.6 is 0 Å². The number of benzene rings is 2. The molecule has 5 nitrogen and oxygen atoms in total. The topological polar surface area (TPSA) is 47.6 Å². The molecule has 0 radical (unpaired) electrons. The van der Waals surface area contributed by atoms with Crippen LogP contribution < -0.4 is 10.6 Å². The predicted molar refractivity (Wildman–Crippen MR) is 142 cm³/mol. The smallest absolute Gasteiger partial charge is 0.220 e. The summed E-state index contributed by atoms with van der Waals surface area (Å²) >= 11 is 0. The van der Waals surface area contributed by atoms with E-state index in [1.54, 1.807) is 0 Å². The number of likely N-dealkylation sites (tertiary alicyclic amines) is 2. The summed E-state index contributed by atoms with van der Waals surface area (Å²) < 4.78 is 0. The maximum atomic E-state index is 12.6. The Morgan fingerprint density at radius 3 is 2.23 bits per heavy atom. The molecule has 188 valence electrons. The highest BCUT2D eigenvalue weighted by Crippen LogP contribution is 2.31. The number of hydrogen-bond donors (Lipinski definition) is 2. The Bertz CT molecular complexity index is 912. The quantitative estimate of drug-likeness (QED) is 0.576. The Morgan fingerprint density at radius 2 is 1.54 bits per heavy atom. The van der Waals surface area contributed by atoms with Crippen molar-refractivity contribution in [3.63, 3.8) is 0 Å². The molecule has 3 aliphatic heterocycles. The van der Waals surface area contributed by atoms with Crippen molar-refractivity contribution in [2.24, 2.45) is 11.8 Å². The van der Waals surface area contributed by atoms with Gasteiger partial charge in [-0.25, -0.2) is 0 Å².